The van der Waals surface area contributed by atoms with Crippen LogP contribution in [0, 0.1) is 5.92 Å². The van der Waals surface area contributed by atoms with Crippen molar-refractivity contribution in [1.29, 1.82) is 0 Å². The third-order valence-electron chi connectivity index (χ3n) is 2.54. The minimum absolute atomic E-state index is 0.139. The summed E-state index contributed by atoms with van der Waals surface area (Å²) in [5, 5.41) is 0.573. The van der Waals surface area contributed by atoms with Gasteiger partial charge in [0.05, 0.1) is 6.42 Å². The van der Waals surface area contributed by atoms with Gasteiger partial charge in [0, 0.05) is 18.1 Å². The minimum atomic E-state index is 0.139. The monoisotopic (exact) mass is 214 g/mol. The Morgan fingerprint density at radius 3 is 2.43 bits per heavy atom. The molecule has 0 aromatic carbocycles. The maximum atomic E-state index is 11.2. The lowest BCUT2D eigenvalue weighted by atomic mass is 9.84. The highest BCUT2D eigenvalue weighted by Crippen LogP contribution is 2.27. The lowest BCUT2D eigenvalue weighted by molar-refractivity contribution is -0.131. The number of carbonyl (C=O) groups is 2. The molecule has 2 nitrogen and oxygen atoms in total. The summed E-state index contributed by atoms with van der Waals surface area (Å²) in [6.07, 6.45) is 2.45. The topological polar surface area (TPSA) is 34.1 Å². The molecule has 0 bridgehead atoms. The van der Waals surface area contributed by atoms with Crippen LogP contribution in [-0.4, -0.2) is 22.6 Å². The Hall–Kier alpha value is -0.310. The second-order valence-electron chi connectivity index (χ2n) is 4.03. The first kappa shape index (κ1) is 11.8. The molecule has 1 saturated carbocycles. The summed E-state index contributed by atoms with van der Waals surface area (Å²) < 4.78 is 0. The van der Waals surface area contributed by atoms with E-state index in [4.69, 9.17) is 0 Å². The number of hydrogen-bond donors (Lipinski definition) is 0. The number of thioether (sulfide) groups is 1. The van der Waals surface area contributed by atoms with Crippen LogP contribution in [0.4, 0.5) is 0 Å². The zero-order chi connectivity index (χ0) is 10.6. The Bertz CT molecular complexity index is 209. The van der Waals surface area contributed by atoms with Crippen LogP contribution in [0.15, 0.2) is 0 Å². The first-order chi connectivity index (χ1) is 6.61. The van der Waals surface area contributed by atoms with Crippen LogP contribution >= 0.6 is 11.8 Å². The Labute approximate surface area is 89.8 Å². The van der Waals surface area contributed by atoms with E-state index in [1.54, 1.807) is 0 Å². The summed E-state index contributed by atoms with van der Waals surface area (Å²) in [6, 6.07) is 0. The average Bonchev–Trinajstić information content (AvgIpc) is 2.01. The Balaban J connectivity index is 2.36. The minimum Gasteiger partial charge on any atom is -0.299 e. The maximum absolute atomic E-state index is 11.2. The van der Waals surface area contributed by atoms with Gasteiger partial charge in [-0.25, -0.2) is 0 Å². The molecule has 0 radical (unpaired) electrons. The van der Waals surface area contributed by atoms with E-state index in [0.29, 0.717) is 24.0 Å². The summed E-state index contributed by atoms with van der Waals surface area (Å²) in [5.74, 6) is 1.70. The summed E-state index contributed by atoms with van der Waals surface area (Å²) in [4.78, 5) is 22.4. The second-order valence-corrected chi connectivity index (χ2v) is 5.75. The van der Waals surface area contributed by atoms with Crippen LogP contribution < -0.4 is 0 Å². The van der Waals surface area contributed by atoms with Crippen LogP contribution in [0.2, 0.25) is 0 Å². The molecule has 0 aromatic rings. The van der Waals surface area contributed by atoms with Crippen molar-refractivity contribution in [1.82, 2.24) is 0 Å². The third-order valence-corrected chi connectivity index (χ3v) is 3.64. The van der Waals surface area contributed by atoms with E-state index < -0.39 is 0 Å². The van der Waals surface area contributed by atoms with Crippen molar-refractivity contribution in [2.45, 2.75) is 44.8 Å². The predicted molar refractivity (Wildman–Crippen MR) is 59.6 cm³/mol. The van der Waals surface area contributed by atoms with Gasteiger partial charge in [0.2, 0.25) is 0 Å². The van der Waals surface area contributed by atoms with Gasteiger partial charge in [0.1, 0.15) is 11.6 Å². The fourth-order valence-electron chi connectivity index (χ4n) is 2.07. The van der Waals surface area contributed by atoms with E-state index in [2.05, 4.69) is 13.8 Å². The van der Waals surface area contributed by atoms with Gasteiger partial charge in [0.15, 0.2) is 0 Å². The van der Waals surface area contributed by atoms with Gasteiger partial charge < -0.3 is 0 Å². The number of ketones is 2. The molecule has 0 spiro atoms. The summed E-state index contributed by atoms with van der Waals surface area (Å²) >= 11 is 1.90. The Morgan fingerprint density at radius 2 is 1.93 bits per heavy atom. The predicted octanol–water partition coefficient (Wildman–Crippen LogP) is 2.46. The molecule has 0 heterocycles. The first-order valence-corrected chi connectivity index (χ1v) is 6.31. The van der Waals surface area contributed by atoms with E-state index in [-0.39, 0.29) is 18.0 Å². The normalized spacial score (nSPS) is 21.3. The fourth-order valence-corrected chi connectivity index (χ4v) is 3.05. The SMILES string of the molecule is CCS[C@@H](C)CC1CC(=O)CC(=O)C1. The van der Waals surface area contributed by atoms with Crippen LogP contribution in [0.3, 0.4) is 0 Å². The number of hydrogen-bond acceptors (Lipinski definition) is 3. The standard InChI is InChI=1S/C11H18O2S/c1-3-14-8(2)4-9-5-10(12)7-11(13)6-9/h8-9H,3-7H2,1-2H3/t8-/m0/s1. The molecular weight excluding hydrogens is 196 g/mol. The molecule has 0 N–H and O–H groups in total. The summed E-state index contributed by atoms with van der Waals surface area (Å²) in [5.41, 5.74) is 0. The molecule has 1 fully saturated rings. The van der Waals surface area contributed by atoms with E-state index in [1.807, 2.05) is 11.8 Å². The molecule has 0 aliphatic heterocycles. The highest BCUT2D eigenvalue weighted by molar-refractivity contribution is 7.99. The molecule has 0 unspecified atom stereocenters. The van der Waals surface area contributed by atoms with Crippen LogP contribution in [-0.2, 0) is 9.59 Å². The molecule has 0 amide bonds. The molecule has 3 heteroatoms. The maximum Gasteiger partial charge on any atom is 0.140 e. The molecule has 14 heavy (non-hydrogen) atoms. The molecule has 0 aromatic heterocycles. The Kier molecular flexibility index (Phi) is 4.66. The summed E-state index contributed by atoms with van der Waals surface area (Å²) in [6.45, 7) is 4.32. The van der Waals surface area contributed by atoms with Gasteiger partial charge in [-0.15, -0.1) is 0 Å². The van der Waals surface area contributed by atoms with Gasteiger partial charge in [-0.1, -0.05) is 13.8 Å². The van der Waals surface area contributed by atoms with Crippen molar-refractivity contribution in [3.05, 3.63) is 0 Å². The van der Waals surface area contributed by atoms with Gasteiger partial charge in [0.25, 0.3) is 0 Å². The lowest BCUT2D eigenvalue weighted by Gasteiger charge is -2.22. The number of Topliss-reactive ketones (excluding diaryl/α,β-unsaturated/α-hetero) is 2. The number of rotatable bonds is 4. The molecule has 1 aliphatic carbocycles. The molecule has 1 rings (SSSR count). The van der Waals surface area contributed by atoms with Crippen LogP contribution in [0.5, 0.6) is 0 Å². The highest BCUT2D eigenvalue weighted by atomic mass is 32.2. The summed E-state index contributed by atoms with van der Waals surface area (Å²) in [7, 11) is 0. The van der Waals surface area contributed by atoms with Crippen molar-refractivity contribution in [2.24, 2.45) is 5.92 Å². The second kappa shape index (κ2) is 5.54. The molecular formula is C11H18O2S. The van der Waals surface area contributed by atoms with Crippen molar-refractivity contribution < 1.29 is 9.59 Å². The lowest BCUT2D eigenvalue weighted by Crippen LogP contribution is -2.24. The Morgan fingerprint density at radius 1 is 1.36 bits per heavy atom. The van der Waals surface area contributed by atoms with Gasteiger partial charge in [-0.2, -0.15) is 11.8 Å². The van der Waals surface area contributed by atoms with E-state index in [1.165, 1.54) is 0 Å². The molecule has 1 aliphatic rings. The zero-order valence-corrected chi connectivity index (χ0v) is 9.73. The smallest absolute Gasteiger partial charge is 0.140 e. The van der Waals surface area contributed by atoms with Crippen molar-refractivity contribution >= 4 is 23.3 Å². The van der Waals surface area contributed by atoms with Gasteiger partial charge in [-0.05, 0) is 18.1 Å². The van der Waals surface area contributed by atoms with Gasteiger partial charge >= 0.3 is 0 Å². The fraction of sp³-hybridized carbons (Fsp3) is 0.818. The average molecular weight is 214 g/mol. The first-order valence-electron chi connectivity index (χ1n) is 5.26. The molecule has 0 saturated heterocycles. The molecule has 1 atom stereocenters. The van der Waals surface area contributed by atoms with Crippen LogP contribution in [0.1, 0.15) is 39.5 Å². The van der Waals surface area contributed by atoms with Crippen molar-refractivity contribution in [3.8, 4) is 0 Å². The van der Waals surface area contributed by atoms with Gasteiger partial charge in [-0.3, -0.25) is 9.59 Å². The number of carbonyl (C=O) groups excluding carboxylic acids is 2. The van der Waals surface area contributed by atoms with Crippen molar-refractivity contribution in [2.75, 3.05) is 5.75 Å². The quantitative estimate of drug-likeness (QED) is 0.674. The largest absolute Gasteiger partial charge is 0.299 e. The van der Waals surface area contributed by atoms with E-state index >= 15 is 0 Å². The van der Waals surface area contributed by atoms with E-state index in [0.717, 1.165) is 12.2 Å². The third kappa shape index (κ3) is 3.82. The van der Waals surface area contributed by atoms with Crippen molar-refractivity contribution in [3.63, 3.8) is 0 Å². The zero-order valence-electron chi connectivity index (χ0n) is 8.91. The molecule has 80 valence electrons. The van der Waals surface area contributed by atoms with Crippen LogP contribution in [0.25, 0.3) is 0 Å². The van der Waals surface area contributed by atoms with E-state index in [9.17, 15) is 9.59 Å². The highest BCUT2D eigenvalue weighted by Gasteiger charge is 2.26.